The molecular weight excluding hydrogens is 520 g/mol. The minimum atomic E-state index is -0.994. The molecule has 7 N–H and O–H groups in total. The molecule has 10 nitrogen and oxygen atoms in total. The molecule has 1 fully saturated rings. The van der Waals surface area contributed by atoms with E-state index in [2.05, 4.69) is 15.6 Å². The summed E-state index contributed by atoms with van der Waals surface area (Å²) in [5, 5.41) is 6.55. The van der Waals surface area contributed by atoms with Gasteiger partial charge in [0.25, 0.3) is 0 Å². The fraction of sp³-hybridized carbons (Fsp3) is 0.419. The van der Waals surface area contributed by atoms with Crippen LogP contribution in [0.25, 0.3) is 10.9 Å². The van der Waals surface area contributed by atoms with Gasteiger partial charge in [0.1, 0.15) is 18.1 Å². The highest BCUT2D eigenvalue weighted by atomic mass is 16.2. The van der Waals surface area contributed by atoms with E-state index in [0.29, 0.717) is 32.2 Å². The average Bonchev–Trinajstić information content (AvgIpc) is 3.60. The summed E-state index contributed by atoms with van der Waals surface area (Å²) in [4.78, 5) is 57.3. The Hall–Kier alpha value is -4.18. The molecule has 1 aliphatic rings. The van der Waals surface area contributed by atoms with Gasteiger partial charge in [0.15, 0.2) is 0 Å². The number of carbonyl (C=O) groups excluding carboxylic acids is 4. The van der Waals surface area contributed by atoms with E-state index in [1.807, 2.05) is 74.6 Å². The Kier molecular flexibility index (Phi) is 9.78. The molecule has 0 aliphatic carbocycles. The number of hydrogen-bond donors (Lipinski definition) is 5. The van der Waals surface area contributed by atoms with E-state index in [4.69, 9.17) is 11.5 Å². The topological polar surface area (TPSA) is 163 Å². The summed E-state index contributed by atoms with van der Waals surface area (Å²) in [5.41, 5.74) is 14.5. The van der Waals surface area contributed by atoms with Crippen molar-refractivity contribution < 1.29 is 19.2 Å². The van der Waals surface area contributed by atoms with Gasteiger partial charge in [-0.3, -0.25) is 19.2 Å². The number of amides is 4. The van der Waals surface area contributed by atoms with Gasteiger partial charge in [0.2, 0.25) is 23.6 Å². The number of H-pyrrole nitrogens is 1. The second-order valence-electron chi connectivity index (χ2n) is 11.2. The van der Waals surface area contributed by atoms with Gasteiger partial charge in [-0.1, -0.05) is 62.4 Å². The third-order valence-corrected chi connectivity index (χ3v) is 7.55. The van der Waals surface area contributed by atoms with Crippen LogP contribution in [0.15, 0.2) is 60.8 Å². The van der Waals surface area contributed by atoms with Crippen molar-refractivity contribution in [3.05, 3.63) is 71.9 Å². The zero-order valence-corrected chi connectivity index (χ0v) is 23.6. The second kappa shape index (κ2) is 13.5. The van der Waals surface area contributed by atoms with Gasteiger partial charge in [-0.15, -0.1) is 0 Å². The normalized spacial score (nSPS) is 17.3. The molecule has 0 bridgehead atoms. The molecular formula is C31H40N6O4. The Bertz CT molecular complexity index is 1370. The Labute approximate surface area is 240 Å². The van der Waals surface area contributed by atoms with Crippen molar-refractivity contribution in [2.75, 3.05) is 6.54 Å². The van der Waals surface area contributed by atoms with Gasteiger partial charge in [-0.25, -0.2) is 0 Å². The van der Waals surface area contributed by atoms with Crippen LogP contribution in [0.1, 0.15) is 44.2 Å². The Morgan fingerprint density at radius 1 is 0.976 bits per heavy atom. The molecule has 0 spiro atoms. The molecule has 0 unspecified atom stereocenters. The van der Waals surface area contributed by atoms with Gasteiger partial charge in [0.05, 0.1) is 6.04 Å². The molecule has 1 aromatic heterocycles. The summed E-state index contributed by atoms with van der Waals surface area (Å²) >= 11 is 0. The molecule has 4 amide bonds. The summed E-state index contributed by atoms with van der Waals surface area (Å²) in [5.74, 6) is -1.75. The molecule has 2 aromatic carbocycles. The minimum absolute atomic E-state index is 0.118. The Balaban J connectivity index is 1.52. The second-order valence-corrected chi connectivity index (χ2v) is 11.2. The van der Waals surface area contributed by atoms with Crippen LogP contribution >= 0.6 is 0 Å². The molecule has 3 aromatic rings. The molecule has 0 radical (unpaired) electrons. The number of aromatic amines is 1. The predicted octanol–water partition coefficient (Wildman–Crippen LogP) is 1.77. The third-order valence-electron chi connectivity index (χ3n) is 7.55. The van der Waals surface area contributed by atoms with Crippen LogP contribution in [0.5, 0.6) is 0 Å². The maximum absolute atomic E-state index is 13.6. The minimum Gasteiger partial charge on any atom is -0.368 e. The highest BCUT2D eigenvalue weighted by Crippen LogP contribution is 2.22. The molecule has 2 heterocycles. The van der Waals surface area contributed by atoms with Crippen molar-refractivity contribution in [2.45, 2.75) is 70.1 Å². The number of benzene rings is 2. The SMILES string of the molecule is CC(C)C[C@H](NC(=O)[C@H](Cc1c[nH]c2ccccc12)NC(=O)[C@H]1CCCN1C(=O)[C@@H](N)Cc1ccccc1)C(N)=O. The van der Waals surface area contributed by atoms with E-state index in [-0.39, 0.29) is 18.2 Å². The third kappa shape index (κ3) is 7.52. The zero-order valence-electron chi connectivity index (χ0n) is 23.6. The number of fused-ring (bicyclic) bond motifs is 1. The van der Waals surface area contributed by atoms with Gasteiger partial charge < -0.3 is 32.0 Å². The number of rotatable bonds is 12. The number of para-hydroxylation sites is 1. The van der Waals surface area contributed by atoms with Crippen molar-refractivity contribution in [1.29, 1.82) is 0 Å². The van der Waals surface area contributed by atoms with Crippen molar-refractivity contribution in [2.24, 2.45) is 17.4 Å². The van der Waals surface area contributed by atoms with Crippen LogP contribution in [0.4, 0.5) is 0 Å². The lowest BCUT2D eigenvalue weighted by molar-refractivity contribution is -0.140. The average molecular weight is 561 g/mol. The zero-order chi connectivity index (χ0) is 29.5. The summed E-state index contributed by atoms with van der Waals surface area (Å²) < 4.78 is 0. The number of aromatic nitrogens is 1. The Morgan fingerprint density at radius 3 is 2.39 bits per heavy atom. The lowest BCUT2D eigenvalue weighted by Gasteiger charge is -2.29. The van der Waals surface area contributed by atoms with Crippen LogP contribution in [0.3, 0.4) is 0 Å². The smallest absolute Gasteiger partial charge is 0.243 e. The van der Waals surface area contributed by atoms with Crippen LogP contribution in [0, 0.1) is 5.92 Å². The summed E-state index contributed by atoms with van der Waals surface area (Å²) in [6, 6.07) is 13.8. The molecule has 41 heavy (non-hydrogen) atoms. The number of nitrogens with two attached hydrogens (primary N) is 2. The van der Waals surface area contributed by atoms with E-state index in [1.54, 1.807) is 0 Å². The van der Waals surface area contributed by atoms with Crippen molar-refractivity contribution in [1.82, 2.24) is 20.5 Å². The number of likely N-dealkylation sites (tertiary alicyclic amines) is 1. The van der Waals surface area contributed by atoms with Crippen LogP contribution in [-0.2, 0) is 32.0 Å². The number of primary amides is 1. The first-order valence-electron chi connectivity index (χ1n) is 14.2. The standard InChI is InChI=1S/C31H40N6O4/c1-19(2)15-25(28(33)38)35-29(39)26(17-21-18-34-24-12-7-6-11-22(21)24)36-30(40)27-13-8-14-37(27)31(41)23(32)16-20-9-4-3-5-10-20/h3-7,9-12,18-19,23,25-27,34H,8,13-17,32H2,1-2H3,(H2,33,38)(H,35,39)(H,36,40)/t23-,25-,26-,27+/m0/s1. The summed E-state index contributed by atoms with van der Waals surface area (Å²) in [6.07, 6.45) is 3.85. The van der Waals surface area contributed by atoms with Crippen molar-refractivity contribution >= 4 is 34.5 Å². The predicted molar refractivity (Wildman–Crippen MR) is 157 cm³/mol. The summed E-state index contributed by atoms with van der Waals surface area (Å²) in [7, 11) is 0. The maximum atomic E-state index is 13.6. The first-order chi connectivity index (χ1) is 19.6. The monoisotopic (exact) mass is 560 g/mol. The van der Waals surface area contributed by atoms with E-state index in [9.17, 15) is 19.2 Å². The fourth-order valence-electron chi connectivity index (χ4n) is 5.46. The molecule has 10 heteroatoms. The first kappa shape index (κ1) is 29.8. The molecule has 1 aliphatic heterocycles. The molecule has 1 saturated heterocycles. The van der Waals surface area contributed by atoms with E-state index in [0.717, 1.165) is 22.0 Å². The molecule has 218 valence electrons. The lowest BCUT2D eigenvalue weighted by Crippen LogP contribution is -2.57. The van der Waals surface area contributed by atoms with Crippen LogP contribution in [-0.4, -0.2) is 64.2 Å². The summed E-state index contributed by atoms with van der Waals surface area (Å²) in [6.45, 7) is 4.28. The van der Waals surface area contributed by atoms with Gasteiger partial charge in [0, 0.05) is 30.1 Å². The van der Waals surface area contributed by atoms with E-state index >= 15 is 0 Å². The number of nitrogens with zero attached hydrogens (tertiary/aromatic N) is 1. The van der Waals surface area contributed by atoms with Gasteiger partial charge in [-0.05, 0) is 48.8 Å². The van der Waals surface area contributed by atoms with Gasteiger partial charge >= 0.3 is 0 Å². The van der Waals surface area contributed by atoms with Crippen LogP contribution in [0.2, 0.25) is 0 Å². The highest BCUT2D eigenvalue weighted by Gasteiger charge is 2.38. The number of hydrogen-bond acceptors (Lipinski definition) is 5. The molecule has 4 atom stereocenters. The Morgan fingerprint density at radius 2 is 1.68 bits per heavy atom. The van der Waals surface area contributed by atoms with E-state index in [1.165, 1.54) is 4.90 Å². The van der Waals surface area contributed by atoms with Crippen LogP contribution < -0.4 is 22.1 Å². The molecule has 4 rings (SSSR count). The van der Waals surface area contributed by atoms with Crippen molar-refractivity contribution in [3.63, 3.8) is 0 Å². The maximum Gasteiger partial charge on any atom is 0.243 e. The quantitative estimate of drug-likeness (QED) is 0.228. The fourth-order valence-corrected chi connectivity index (χ4v) is 5.46. The first-order valence-corrected chi connectivity index (χ1v) is 14.2. The van der Waals surface area contributed by atoms with Crippen molar-refractivity contribution in [3.8, 4) is 0 Å². The van der Waals surface area contributed by atoms with Gasteiger partial charge in [-0.2, -0.15) is 0 Å². The number of carbonyl (C=O) groups is 4. The number of nitrogens with one attached hydrogen (secondary N) is 3. The molecule has 0 saturated carbocycles. The van der Waals surface area contributed by atoms with E-state index < -0.39 is 41.9 Å². The highest BCUT2D eigenvalue weighted by molar-refractivity contribution is 5.95. The lowest BCUT2D eigenvalue weighted by atomic mass is 10.0. The largest absolute Gasteiger partial charge is 0.368 e.